The van der Waals surface area contributed by atoms with E-state index in [1.54, 1.807) is 6.92 Å². The van der Waals surface area contributed by atoms with E-state index < -0.39 is 11.6 Å². The summed E-state index contributed by atoms with van der Waals surface area (Å²) in [7, 11) is 0. The fraction of sp³-hybridized carbons (Fsp3) is 0.360. The van der Waals surface area contributed by atoms with E-state index >= 15 is 0 Å². The molecule has 1 amide bonds. The molecule has 0 bridgehead atoms. The molecule has 30 heavy (non-hydrogen) atoms. The van der Waals surface area contributed by atoms with Crippen molar-refractivity contribution in [1.82, 2.24) is 4.57 Å². The molecule has 0 saturated heterocycles. The van der Waals surface area contributed by atoms with Crippen molar-refractivity contribution in [2.45, 2.75) is 50.8 Å². The van der Waals surface area contributed by atoms with Crippen LogP contribution in [-0.4, -0.2) is 15.6 Å². The van der Waals surface area contributed by atoms with Crippen LogP contribution in [0.25, 0.3) is 0 Å². The van der Waals surface area contributed by atoms with E-state index in [-0.39, 0.29) is 17.9 Å². The summed E-state index contributed by atoms with van der Waals surface area (Å²) >= 11 is 0. The third-order valence-electron chi connectivity index (χ3n) is 6.80. The van der Waals surface area contributed by atoms with E-state index in [0.29, 0.717) is 0 Å². The molecule has 1 unspecified atom stereocenters. The second-order valence-electron chi connectivity index (χ2n) is 8.36. The number of benzene rings is 2. The molecular weight excluding hydrogens is 374 g/mol. The van der Waals surface area contributed by atoms with Crippen LogP contribution < -0.4 is 10.3 Å². The summed E-state index contributed by atoms with van der Waals surface area (Å²) in [6.07, 6.45) is 6.11. The number of amides is 1. The average molecular weight is 405 g/mol. The predicted octanol–water partition coefficient (Wildman–Crippen LogP) is 3.41. The Bertz CT molecular complexity index is 972. The van der Waals surface area contributed by atoms with E-state index in [2.05, 4.69) is 4.57 Å². The first-order valence-electron chi connectivity index (χ1n) is 10.6. The molecule has 1 aromatic heterocycles. The van der Waals surface area contributed by atoms with Gasteiger partial charge in [0.05, 0.1) is 0 Å². The second-order valence-corrected chi connectivity index (χ2v) is 8.36. The minimum Gasteiger partial charge on any atom is -0.369 e. The van der Waals surface area contributed by atoms with Crippen LogP contribution in [0.5, 0.6) is 0 Å². The molecule has 1 saturated carbocycles. The fourth-order valence-electron chi connectivity index (χ4n) is 5.40. The summed E-state index contributed by atoms with van der Waals surface area (Å²) in [6.45, 7) is 3.79. The average Bonchev–Trinajstić information content (AvgIpc) is 3.37. The van der Waals surface area contributed by atoms with Crippen molar-refractivity contribution < 1.29 is 14.5 Å². The van der Waals surface area contributed by atoms with Gasteiger partial charge in [0.25, 0.3) is 5.82 Å². The highest BCUT2D eigenvalue weighted by Gasteiger charge is 2.51. The molecule has 1 aliphatic rings. The zero-order valence-corrected chi connectivity index (χ0v) is 17.6. The number of primary amides is 1. The van der Waals surface area contributed by atoms with E-state index in [1.165, 1.54) is 0 Å². The number of hydrogen-bond acceptors (Lipinski definition) is 2. The van der Waals surface area contributed by atoms with Crippen molar-refractivity contribution in [3.63, 3.8) is 0 Å². The molecule has 4 rings (SSSR count). The third kappa shape index (κ3) is 3.23. The molecule has 3 atom stereocenters. The number of aromatic nitrogens is 2. The number of nitrogens with two attached hydrogens (primary N) is 1. The van der Waals surface area contributed by atoms with Crippen LogP contribution in [0.3, 0.4) is 0 Å². The van der Waals surface area contributed by atoms with Gasteiger partial charge in [0.2, 0.25) is 5.91 Å². The van der Waals surface area contributed by atoms with Gasteiger partial charge in [-0.3, -0.25) is 4.79 Å². The van der Waals surface area contributed by atoms with Crippen molar-refractivity contribution in [2.75, 3.05) is 0 Å². The largest absolute Gasteiger partial charge is 0.369 e. The molecule has 156 valence electrons. The molecule has 1 fully saturated rings. The zero-order valence-electron chi connectivity index (χ0n) is 17.6. The molecule has 0 aliphatic heterocycles. The molecule has 0 radical (unpaired) electrons. The highest BCUT2D eigenvalue weighted by atomic mass is 16.3. The molecule has 3 N–H and O–H groups in total. The summed E-state index contributed by atoms with van der Waals surface area (Å²) < 4.78 is 4.09. The smallest absolute Gasteiger partial charge is 0.255 e. The Morgan fingerprint density at radius 1 is 1.10 bits per heavy atom. The van der Waals surface area contributed by atoms with Crippen molar-refractivity contribution in [3.8, 4) is 0 Å². The van der Waals surface area contributed by atoms with Gasteiger partial charge < -0.3 is 10.8 Å². The SMILES string of the molecule is Cc1n(C(C)O)cc[n+]1[C@@H]1CC[C@H](C(C(N)=O)(c2ccccc2)c2ccccc2)C1. The number of imidazole rings is 1. The maximum absolute atomic E-state index is 13.2. The van der Waals surface area contributed by atoms with Crippen LogP contribution in [0.1, 0.15) is 55.4 Å². The van der Waals surface area contributed by atoms with Crippen molar-refractivity contribution in [2.24, 2.45) is 11.7 Å². The highest BCUT2D eigenvalue weighted by Crippen LogP contribution is 2.48. The first kappa shape index (κ1) is 20.4. The van der Waals surface area contributed by atoms with Gasteiger partial charge in [0, 0.05) is 13.8 Å². The summed E-state index contributed by atoms with van der Waals surface area (Å²) in [5.74, 6) is 0.806. The maximum atomic E-state index is 13.2. The Morgan fingerprint density at radius 3 is 2.13 bits per heavy atom. The van der Waals surface area contributed by atoms with Gasteiger partial charge >= 0.3 is 0 Å². The van der Waals surface area contributed by atoms with Gasteiger partial charge in [-0.15, -0.1) is 0 Å². The lowest BCUT2D eigenvalue weighted by Gasteiger charge is -2.37. The Balaban J connectivity index is 1.77. The van der Waals surface area contributed by atoms with E-state index in [4.69, 9.17) is 5.73 Å². The minimum absolute atomic E-state index is 0.0894. The lowest BCUT2D eigenvalue weighted by molar-refractivity contribution is -0.727. The Kier molecular flexibility index (Phi) is 5.48. The number of aliphatic hydroxyl groups is 1. The van der Waals surface area contributed by atoms with E-state index in [0.717, 1.165) is 36.2 Å². The minimum atomic E-state index is -0.863. The summed E-state index contributed by atoms with van der Waals surface area (Å²) in [4.78, 5) is 13.2. The monoisotopic (exact) mass is 404 g/mol. The van der Waals surface area contributed by atoms with Crippen LogP contribution in [0, 0.1) is 12.8 Å². The maximum Gasteiger partial charge on any atom is 0.255 e. The summed E-state index contributed by atoms with van der Waals surface area (Å²) in [5, 5.41) is 10.0. The number of rotatable bonds is 6. The van der Waals surface area contributed by atoms with Gasteiger partial charge in [-0.05, 0) is 36.3 Å². The Hall–Kier alpha value is -2.92. The zero-order chi connectivity index (χ0) is 21.3. The summed E-state index contributed by atoms with van der Waals surface area (Å²) in [5.41, 5.74) is 7.24. The molecular formula is C25H30N3O2+. The van der Waals surface area contributed by atoms with Gasteiger partial charge in [0.1, 0.15) is 23.9 Å². The van der Waals surface area contributed by atoms with Gasteiger partial charge in [0.15, 0.2) is 6.23 Å². The molecule has 5 nitrogen and oxygen atoms in total. The Morgan fingerprint density at radius 2 is 1.67 bits per heavy atom. The predicted molar refractivity (Wildman–Crippen MR) is 116 cm³/mol. The fourth-order valence-corrected chi connectivity index (χ4v) is 5.40. The normalized spacial score (nSPS) is 20.2. The number of hydrogen-bond donors (Lipinski definition) is 2. The lowest BCUT2D eigenvalue weighted by Crippen LogP contribution is -2.48. The second kappa shape index (κ2) is 8.07. The molecule has 0 spiro atoms. The Labute approximate surface area is 177 Å². The molecule has 5 heteroatoms. The summed E-state index contributed by atoms with van der Waals surface area (Å²) in [6, 6.07) is 20.2. The number of carbonyl (C=O) groups excluding carboxylic acids is 1. The van der Waals surface area contributed by atoms with Crippen molar-refractivity contribution >= 4 is 5.91 Å². The van der Waals surface area contributed by atoms with E-state index in [9.17, 15) is 9.90 Å². The highest BCUT2D eigenvalue weighted by molar-refractivity contribution is 5.91. The quantitative estimate of drug-likeness (QED) is 0.618. The van der Waals surface area contributed by atoms with Crippen LogP contribution >= 0.6 is 0 Å². The third-order valence-corrected chi connectivity index (χ3v) is 6.80. The first-order valence-corrected chi connectivity index (χ1v) is 10.6. The topological polar surface area (TPSA) is 72.1 Å². The van der Waals surface area contributed by atoms with Gasteiger partial charge in [-0.2, -0.15) is 0 Å². The van der Waals surface area contributed by atoms with Crippen molar-refractivity contribution in [3.05, 3.63) is 90.0 Å². The van der Waals surface area contributed by atoms with Crippen LogP contribution in [0.2, 0.25) is 0 Å². The lowest BCUT2D eigenvalue weighted by atomic mass is 9.64. The van der Waals surface area contributed by atoms with Crippen LogP contribution in [-0.2, 0) is 10.2 Å². The first-order chi connectivity index (χ1) is 14.5. The standard InChI is InChI=1S/C25H29N3O2/c1-18-27(19(2)29)15-16-28(18)23-14-13-22(17-23)25(24(26)30,20-9-5-3-6-10-20)21-11-7-4-8-12-21/h3-12,15-16,19,22-23,29H,13-14,17H2,1-2H3,(H-,26,30)/p+1/t19?,22-,23+/m0/s1. The number of aliphatic hydroxyl groups excluding tert-OH is 1. The molecule has 3 aromatic rings. The van der Waals surface area contributed by atoms with E-state index in [1.807, 2.05) is 84.5 Å². The van der Waals surface area contributed by atoms with Crippen molar-refractivity contribution in [1.29, 1.82) is 0 Å². The number of carbonyl (C=O) groups is 1. The van der Waals surface area contributed by atoms with Crippen LogP contribution in [0.4, 0.5) is 0 Å². The van der Waals surface area contributed by atoms with Gasteiger partial charge in [-0.1, -0.05) is 60.7 Å². The molecule has 2 aromatic carbocycles. The molecule has 1 aliphatic carbocycles. The molecule has 1 heterocycles. The van der Waals surface area contributed by atoms with Crippen LogP contribution in [0.15, 0.2) is 73.1 Å². The van der Waals surface area contributed by atoms with Gasteiger partial charge in [-0.25, -0.2) is 9.13 Å². The number of nitrogens with zero attached hydrogens (tertiary/aromatic N) is 2.